The molecule has 1 aliphatic rings. The predicted molar refractivity (Wildman–Crippen MR) is 83.1 cm³/mol. The van der Waals surface area contributed by atoms with Gasteiger partial charge in [0.15, 0.2) is 0 Å². The molecule has 1 N–H and O–H groups in total. The van der Waals surface area contributed by atoms with Gasteiger partial charge < -0.3 is 15.0 Å². The van der Waals surface area contributed by atoms with Crippen molar-refractivity contribution < 1.29 is 4.74 Å². The van der Waals surface area contributed by atoms with E-state index in [0.29, 0.717) is 12.0 Å². The monoisotopic (exact) mass is 277 g/mol. The number of pyridine rings is 1. The van der Waals surface area contributed by atoms with E-state index in [2.05, 4.69) is 43.1 Å². The lowest BCUT2D eigenvalue weighted by Crippen LogP contribution is -2.44. The number of aromatic nitrogens is 1. The highest BCUT2D eigenvalue weighted by molar-refractivity contribution is 5.42. The van der Waals surface area contributed by atoms with E-state index in [1.165, 1.54) is 12.0 Å². The van der Waals surface area contributed by atoms with Gasteiger partial charge in [-0.25, -0.2) is 4.98 Å². The number of anilines is 1. The Labute approximate surface area is 122 Å². The highest BCUT2D eigenvalue weighted by Gasteiger charge is 2.26. The lowest BCUT2D eigenvalue weighted by atomic mass is 9.96. The van der Waals surface area contributed by atoms with Crippen molar-refractivity contribution in [2.75, 3.05) is 31.6 Å². The zero-order valence-corrected chi connectivity index (χ0v) is 13.1. The van der Waals surface area contributed by atoms with E-state index in [1.807, 2.05) is 7.11 Å². The van der Waals surface area contributed by atoms with E-state index in [0.717, 1.165) is 37.7 Å². The second-order valence-corrected chi connectivity index (χ2v) is 5.68. The lowest BCUT2D eigenvalue weighted by molar-refractivity contribution is 0.0496. The second kappa shape index (κ2) is 7.04. The number of piperidine rings is 1. The first-order valence-corrected chi connectivity index (χ1v) is 7.60. The van der Waals surface area contributed by atoms with Gasteiger partial charge in [0.2, 0.25) is 0 Å². The summed E-state index contributed by atoms with van der Waals surface area (Å²) in [6, 6.07) is 4.34. The van der Waals surface area contributed by atoms with Crippen molar-refractivity contribution in [3.63, 3.8) is 0 Å². The summed E-state index contributed by atoms with van der Waals surface area (Å²) in [5, 5.41) is 3.35. The molecule has 0 bridgehead atoms. The maximum absolute atomic E-state index is 5.58. The fourth-order valence-corrected chi connectivity index (χ4v) is 2.75. The summed E-state index contributed by atoms with van der Waals surface area (Å²) in [5.74, 6) is 1.71. The van der Waals surface area contributed by atoms with E-state index in [-0.39, 0.29) is 0 Å². The van der Waals surface area contributed by atoms with Crippen LogP contribution in [0.15, 0.2) is 12.1 Å². The predicted octanol–water partition coefficient (Wildman–Crippen LogP) is 2.36. The van der Waals surface area contributed by atoms with Crippen LogP contribution in [0.2, 0.25) is 0 Å². The molecule has 1 saturated heterocycles. The summed E-state index contributed by atoms with van der Waals surface area (Å²) in [6.07, 6.45) is 1.48. The first-order chi connectivity index (χ1) is 9.65. The number of ether oxygens (including phenoxy) is 1. The van der Waals surface area contributed by atoms with Crippen molar-refractivity contribution in [2.24, 2.45) is 5.92 Å². The van der Waals surface area contributed by atoms with Gasteiger partial charge in [-0.05, 0) is 37.4 Å². The van der Waals surface area contributed by atoms with Crippen LogP contribution in [0.5, 0.6) is 0 Å². The number of nitrogens with one attached hydrogen (secondary N) is 1. The molecule has 0 amide bonds. The van der Waals surface area contributed by atoms with Crippen molar-refractivity contribution in [3.05, 3.63) is 23.4 Å². The van der Waals surface area contributed by atoms with Crippen molar-refractivity contribution >= 4 is 5.82 Å². The van der Waals surface area contributed by atoms with E-state index in [4.69, 9.17) is 9.72 Å². The topological polar surface area (TPSA) is 37.4 Å². The SMILES string of the molecule is CCNCc1ccc(N2CCC(C)C(OC)C2)nc1C. The molecule has 112 valence electrons. The number of nitrogens with zero attached hydrogens (tertiary/aromatic N) is 2. The summed E-state index contributed by atoms with van der Waals surface area (Å²) in [6.45, 7) is 10.4. The minimum atomic E-state index is 0.312. The molecule has 1 aliphatic heterocycles. The third-order valence-electron chi connectivity index (χ3n) is 4.26. The van der Waals surface area contributed by atoms with E-state index in [9.17, 15) is 0 Å². The molecule has 2 rings (SSSR count). The van der Waals surface area contributed by atoms with Gasteiger partial charge in [-0.15, -0.1) is 0 Å². The Balaban J connectivity index is 2.07. The molecule has 0 saturated carbocycles. The van der Waals surface area contributed by atoms with Crippen LogP contribution in [0, 0.1) is 12.8 Å². The number of aryl methyl sites for hydroxylation is 1. The average molecular weight is 277 g/mol. The first-order valence-electron chi connectivity index (χ1n) is 7.60. The molecule has 0 spiro atoms. The van der Waals surface area contributed by atoms with Gasteiger partial charge in [0.05, 0.1) is 6.10 Å². The highest BCUT2D eigenvalue weighted by Crippen LogP contribution is 2.24. The molecule has 2 unspecified atom stereocenters. The second-order valence-electron chi connectivity index (χ2n) is 5.68. The fourth-order valence-electron chi connectivity index (χ4n) is 2.75. The first kappa shape index (κ1) is 15.3. The molecule has 0 radical (unpaired) electrons. The highest BCUT2D eigenvalue weighted by atomic mass is 16.5. The minimum absolute atomic E-state index is 0.312. The average Bonchev–Trinajstić information content (AvgIpc) is 2.46. The molecule has 4 heteroatoms. The van der Waals surface area contributed by atoms with Gasteiger partial charge in [-0.1, -0.05) is 19.9 Å². The van der Waals surface area contributed by atoms with E-state index in [1.54, 1.807) is 0 Å². The van der Waals surface area contributed by atoms with Crippen LogP contribution in [0.3, 0.4) is 0 Å². The molecule has 4 nitrogen and oxygen atoms in total. The van der Waals surface area contributed by atoms with Crippen molar-refractivity contribution in [2.45, 2.75) is 39.8 Å². The normalized spacial score (nSPS) is 23.1. The zero-order chi connectivity index (χ0) is 14.5. The van der Waals surface area contributed by atoms with Gasteiger partial charge in [0.1, 0.15) is 5.82 Å². The smallest absolute Gasteiger partial charge is 0.128 e. The third kappa shape index (κ3) is 3.49. The molecule has 1 fully saturated rings. The molecule has 0 aromatic carbocycles. The zero-order valence-electron chi connectivity index (χ0n) is 13.1. The van der Waals surface area contributed by atoms with Crippen molar-refractivity contribution in [1.82, 2.24) is 10.3 Å². The van der Waals surface area contributed by atoms with E-state index >= 15 is 0 Å². The van der Waals surface area contributed by atoms with Gasteiger partial charge in [-0.3, -0.25) is 0 Å². The lowest BCUT2D eigenvalue weighted by Gasteiger charge is -2.37. The number of hydrogen-bond donors (Lipinski definition) is 1. The number of rotatable bonds is 5. The Bertz CT molecular complexity index is 436. The van der Waals surface area contributed by atoms with E-state index < -0.39 is 0 Å². The maximum atomic E-state index is 5.58. The van der Waals surface area contributed by atoms with Gasteiger partial charge in [0, 0.05) is 32.4 Å². The number of methoxy groups -OCH3 is 1. The molecule has 2 heterocycles. The van der Waals surface area contributed by atoms with Crippen molar-refractivity contribution in [1.29, 1.82) is 0 Å². The van der Waals surface area contributed by atoms with Crippen LogP contribution in [0.25, 0.3) is 0 Å². The summed E-state index contributed by atoms with van der Waals surface area (Å²) < 4.78 is 5.58. The Morgan fingerprint density at radius 2 is 2.25 bits per heavy atom. The summed E-state index contributed by atoms with van der Waals surface area (Å²) >= 11 is 0. The van der Waals surface area contributed by atoms with Crippen LogP contribution < -0.4 is 10.2 Å². The summed E-state index contributed by atoms with van der Waals surface area (Å²) in [7, 11) is 1.81. The standard InChI is InChI=1S/C16H27N3O/c1-5-17-10-14-6-7-16(18-13(14)3)19-9-8-12(2)15(11-19)20-4/h6-7,12,15,17H,5,8-11H2,1-4H3. The van der Waals surface area contributed by atoms with Gasteiger partial charge in [0.25, 0.3) is 0 Å². The molecule has 20 heavy (non-hydrogen) atoms. The van der Waals surface area contributed by atoms with Crippen LogP contribution in [-0.2, 0) is 11.3 Å². The Morgan fingerprint density at radius 3 is 2.90 bits per heavy atom. The maximum Gasteiger partial charge on any atom is 0.128 e. The van der Waals surface area contributed by atoms with Crippen LogP contribution in [-0.4, -0.2) is 37.8 Å². The third-order valence-corrected chi connectivity index (χ3v) is 4.26. The van der Waals surface area contributed by atoms with Gasteiger partial charge >= 0.3 is 0 Å². The molecule has 2 atom stereocenters. The fraction of sp³-hybridized carbons (Fsp3) is 0.688. The van der Waals surface area contributed by atoms with Crippen LogP contribution >= 0.6 is 0 Å². The minimum Gasteiger partial charge on any atom is -0.379 e. The quantitative estimate of drug-likeness (QED) is 0.896. The Kier molecular flexibility index (Phi) is 5.38. The van der Waals surface area contributed by atoms with Crippen LogP contribution in [0.1, 0.15) is 31.5 Å². The largest absolute Gasteiger partial charge is 0.379 e. The summed E-state index contributed by atoms with van der Waals surface area (Å²) in [5.41, 5.74) is 2.40. The molecular formula is C16H27N3O. The summed E-state index contributed by atoms with van der Waals surface area (Å²) in [4.78, 5) is 7.12. The molecule has 0 aliphatic carbocycles. The molecular weight excluding hydrogens is 250 g/mol. The molecule has 1 aromatic rings. The molecule has 1 aromatic heterocycles. The Morgan fingerprint density at radius 1 is 1.45 bits per heavy atom. The van der Waals surface area contributed by atoms with Crippen LogP contribution in [0.4, 0.5) is 5.82 Å². The Hall–Kier alpha value is -1.13. The van der Waals surface area contributed by atoms with Crippen molar-refractivity contribution in [3.8, 4) is 0 Å². The number of hydrogen-bond acceptors (Lipinski definition) is 4. The van der Waals surface area contributed by atoms with Gasteiger partial charge in [-0.2, -0.15) is 0 Å².